The van der Waals surface area contributed by atoms with E-state index in [4.69, 9.17) is 0 Å². The van der Waals surface area contributed by atoms with Gasteiger partial charge in [0.25, 0.3) is 5.91 Å². The number of carbonyl (C=O) groups excluding carboxylic acids is 5. The van der Waals surface area contributed by atoms with E-state index in [-0.39, 0.29) is 19.6 Å². The van der Waals surface area contributed by atoms with Crippen LogP contribution in [-0.4, -0.2) is 91.9 Å². The van der Waals surface area contributed by atoms with Crippen LogP contribution in [0.5, 0.6) is 0 Å². The third kappa shape index (κ3) is 8.89. The van der Waals surface area contributed by atoms with Gasteiger partial charge in [0.05, 0.1) is 12.8 Å². The van der Waals surface area contributed by atoms with E-state index in [0.717, 1.165) is 4.90 Å². The van der Waals surface area contributed by atoms with Crippen molar-refractivity contribution in [3.8, 4) is 0 Å². The smallest absolute Gasteiger partial charge is 0.262 e. The van der Waals surface area contributed by atoms with Gasteiger partial charge >= 0.3 is 0 Å². The molecule has 1 aliphatic rings. The van der Waals surface area contributed by atoms with E-state index in [2.05, 4.69) is 5.32 Å². The van der Waals surface area contributed by atoms with Crippen molar-refractivity contribution in [3.63, 3.8) is 0 Å². The Morgan fingerprint density at radius 2 is 1.47 bits per heavy atom. The Bertz CT molecular complexity index is 701. The molecule has 0 spiro atoms. The summed E-state index contributed by atoms with van der Waals surface area (Å²) in [5.41, 5.74) is -2.06. The summed E-state index contributed by atoms with van der Waals surface area (Å²) in [6.45, 7) is 3.23. The van der Waals surface area contributed by atoms with Crippen molar-refractivity contribution in [1.29, 1.82) is 0 Å². The number of nitrogens with one attached hydrogen (secondary N) is 1. The summed E-state index contributed by atoms with van der Waals surface area (Å²) in [7, 11) is 0. The van der Waals surface area contributed by atoms with Crippen molar-refractivity contribution in [1.82, 2.24) is 20.3 Å². The van der Waals surface area contributed by atoms with Crippen molar-refractivity contribution >= 4 is 29.5 Å². The van der Waals surface area contributed by atoms with Gasteiger partial charge in [0.2, 0.25) is 23.6 Å². The molecule has 0 aromatic rings. The summed E-state index contributed by atoms with van der Waals surface area (Å²) in [6, 6.07) is 0. The second-order valence-electron chi connectivity index (χ2n) is 7.99. The van der Waals surface area contributed by atoms with E-state index in [9.17, 15) is 39.5 Å². The molecular weight excluding hydrogens is 424 g/mol. The predicted molar refractivity (Wildman–Crippen MR) is 110 cm³/mol. The average molecular weight is 459 g/mol. The van der Waals surface area contributed by atoms with Crippen LogP contribution < -0.4 is 5.32 Å². The van der Waals surface area contributed by atoms with Crippen molar-refractivity contribution in [2.45, 2.75) is 70.8 Å². The number of imide groups is 1. The molecular formula is C20H34N4O8. The first-order valence-electron chi connectivity index (χ1n) is 10.8. The fourth-order valence-electron chi connectivity index (χ4n) is 3.29. The van der Waals surface area contributed by atoms with Gasteiger partial charge in [-0.1, -0.05) is 0 Å². The van der Waals surface area contributed by atoms with E-state index < -0.39 is 48.0 Å². The molecule has 0 aromatic heterocycles. The SMILES string of the molecule is CC(=O)N(O)CCCCCNC(=O)CC1(O)CC(=O)N(CCCCCN(O)C(C)=O)C1=O. The zero-order chi connectivity index (χ0) is 24.3. The molecule has 1 atom stereocenters. The molecule has 0 aromatic carbocycles. The third-order valence-electron chi connectivity index (χ3n) is 5.19. The maximum absolute atomic E-state index is 12.5. The Morgan fingerprint density at radius 1 is 0.938 bits per heavy atom. The van der Waals surface area contributed by atoms with Gasteiger partial charge in [-0.25, -0.2) is 10.1 Å². The number of amides is 5. The molecule has 0 aliphatic carbocycles. The van der Waals surface area contributed by atoms with E-state index in [0.29, 0.717) is 55.2 Å². The van der Waals surface area contributed by atoms with Crippen molar-refractivity contribution in [2.75, 3.05) is 26.2 Å². The van der Waals surface area contributed by atoms with Gasteiger partial charge in [0, 0.05) is 40.0 Å². The van der Waals surface area contributed by atoms with Crippen LogP contribution in [0.25, 0.3) is 0 Å². The lowest BCUT2D eigenvalue weighted by Crippen LogP contribution is -2.44. The highest BCUT2D eigenvalue weighted by molar-refractivity contribution is 6.09. The van der Waals surface area contributed by atoms with Crippen molar-refractivity contribution in [3.05, 3.63) is 0 Å². The number of hydroxylamine groups is 4. The Balaban J connectivity index is 2.31. The number of aliphatic hydroxyl groups is 1. The van der Waals surface area contributed by atoms with E-state index >= 15 is 0 Å². The molecule has 1 unspecified atom stereocenters. The number of rotatable bonds is 14. The van der Waals surface area contributed by atoms with Crippen LogP contribution in [0.1, 0.15) is 65.2 Å². The van der Waals surface area contributed by atoms with Crippen LogP contribution in [0.4, 0.5) is 0 Å². The lowest BCUT2D eigenvalue weighted by Gasteiger charge is -2.20. The molecule has 1 aliphatic heterocycles. The second kappa shape index (κ2) is 13.1. The Morgan fingerprint density at radius 3 is 2.00 bits per heavy atom. The predicted octanol–water partition coefficient (Wildman–Crippen LogP) is -0.201. The van der Waals surface area contributed by atoms with Gasteiger partial charge in [0.15, 0.2) is 5.60 Å². The maximum atomic E-state index is 12.5. The Hall–Kier alpha value is -2.57. The van der Waals surface area contributed by atoms with Crippen LogP contribution in [0.2, 0.25) is 0 Å². The summed E-state index contributed by atoms with van der Waals surface area (Å²) < 4.78 is 0. The van der Waals surface area contributed by atoms with Crippen LogP contribution in [-0.2, 0) is 24.0 Å². The van der Waals surface area contributed by atoms with Crippen LogP contribution >= 0.6 is 0 Å². The monoisotopic (exact) mass is 458 g/mol. The summed E-state index contributed by atoms with van der Waals surface area (Å²) in [5, 5.41) is 32.9. The molecule has 1 fully saturated rings. The Labute approximate surface area is 187 Å². The van der Waals surface area contributed by atoms with Gasteiger partial charge < -0.3 is 10.4 Å². The largest absolute Gasteiger partial charge is 0.379 e. The minimum Gasteiger partial charge on any atom is -0.379 e. The molecule has 4 N–H and O–H groups in total. The molecule has 182 valence electrons. The van der Waals surface area contributed by atoms with E-state index in [1.165, 1.54) is 13.8 Å². The molecule has 0 saturated carbocycles. The van der Waals surface area contributed by atoms with Gasteiger partial charge in [-0.05, 0) is 38.5 Å². The highest BCUT2D eigenvalue weighted by Gasteiger charge is 2.51. The summed E-state index contributed by atoms with van der Waals surface area (Å²) in [4.78, 5) is 59.5. The van der Waals surface area contributed by atoms with Crippen LogP contribution in [0, 0.1) is 0 Å². The number of hydrogen-bond donors (Lipinski definition) is 4. The lowest BCUT2D eigenvalue weighted by atomic mass is 9.97. The normalized spacial score (nSPS) is 18.1. The van der Waals surface area contributed by atoms with Gasteiger partial charge in [0.1, 0.15) is 0 Å². The number of hydrogen-bond acceptors (Lipinski definition) is 8. The van der Waals surface area contributed by atoms with E-state index in [1.54, 1.807) is 0 Å². The molecule has 0 bridgehead atoms. The number of nitrogens with zero attached hydrogens (tertiary/aromatic N) is 3. The Kier molecular flexibility index (Phi) is 11.2. The first-order chi connectivity index (χ1) is 15.0. The maximum Gasteiger partial charge on any atom is 0.262 e. The molecule has 1 heterocycles. The number of likely N-dealkylation sites (tertiary alicyclic amines) is 1. The number of unbranched alkanes of at least 4 members (excludes halogenated alkanes) is 4. The minimum absolute atomic E-state index is 0.0925. The molecule has 12 heteroatoms. The zero-order valence-corrected chi connectivity index (χ0v) is 18.7. The first kappa shape index (κ1) is 27.5. The van der Waals surface area contributed by atoms with Gasteiger partial charge in [-0.2, -0.15) is 0 Å². The molecule has 32 heavy (non-hydrogen) atoms. The number of carbonyl (C=O) groups is 5. The molecule has 0 radical (unpaired) electrons. The first-order valence-corrected chi connectivity index (χ1v) is 10.8. The van der Waals surface area contributed by atoms with Crippen molar-refractivity contribution in [2.24, 2.45) is 0 Å². The fourth-order valence-corrected chi connectivity index (χ4v) is 3.29. The van der Waals surface area contributed by atoms with Gasteiger partial charge in [-0.15, -0.1) is 0 Å². The minimum atomic E-state index is -2.06. The highest BCUT2D eigenvalue weighted by Crippen LogP contribution is 2.28. The molecule has 5 amide bonds. The molecule has 12 nitrogen and oxygen atoms in total. The summed E-state index contributed by atoms with van der Waals surface area (Å²) in [5.74, 6) is -2.80. The highest BCUT2D eigenvalue weighted by atomic mass is 16.5. The van der Waals surface area contributed by atoms with Gasteiger partial charge in [-0.3, -0.25) is 39.3 Å². The van der Waals surface area contributed by atoms with Crippen molar-refractivity contribution < 1.29 is 39.5 Å². The second-order valence-corrected chi connectivity index (χ2v) is 7.99. The zero-order valence-electron chi connectivity index (χ0n) is 18.7. The average Bonchev–Trinajstić information content (AvgIpc) is 2.91. The van der Waals surface area contributed by atoms with Crippen LogP contribution in [0.15, 0.2) is 0 Å². The lowest BCUT2D eigenvalue weighted by molar-refractivity contribution is -0.163. The fraction of sp³-hybridized carbons (Fsp3) is 0.750. The summed E-state index contributed by atoms with van der Waals surface area (Å²) >= 11 is 0. The summed E-state index contributed by atoms with van der Waals surface area (Å²) in [6.07, 6.45) is 2.32. The quantitative estimate of drug-likeness (QED) is 0.120. The topological polar surface area (TPSA) is 168 Å². The molecule has 1 rings (SSSR count). The van der Waals surface area contributed by atoms with E-state index in [1.807, 2.05) is 0 Å². The van der Waals surface area contributed by atoms with Crippen LogP contribution in [0.3, 0.4) is 0 Å². The molecule has 1 saturated heterocycles. The standard InChI is InChI=1S/C20H34N4O8/c1-15(25)23(31)11-7-3-5-9-21-17(27)13-20(30)14-18(28)22(19(20)29)10-6-4-8-12-24(32)16(2)26/h30-32H,3-14H2,1-2H3,(H,21,27). The third-order valence-corrected chi connectivity index (χ3v) is 5.19.